The zero-order chi connectivity index (χ0) is 20.0. The minimum atomic E-state index is -0.00668. The van der Waals surface area contributed by atoms with Crippen LogP contribution < -0.4 is 4.90 Å². The van der Waals surface area contributed by atoms with Crippen LogP contribution in [0, 0.1) is 0 Å². The Morgan fingerprint density at radius 3 is 2.69 bits per heavy atom. The van der Waals surface area contributed by atoms with E-state index >= 15 is 0 Å². The van der Waals surface area contributed by atoms with E-state index in [2.05, 4.69) is 51.9 Å². The predicted molar refractivity (Wildman–Crippen MR) is 109 cm³/mol. The smallest absolute Gasteiger partial charge is 0.177 e. The topological polar surface area (TPSA) is 81.3 Å². The molecule has 8 heteroatoms. The van der Waals surface area contributed by atoms with E-state index in [1.54, 1.807) is 6.33 Å². The van der Waals surface area contributed by atoms with Gasteiger partial charge in [0.1, 0.15) is 12.1 Å². The van der Waals surface area contributed by atoms with Crippen LogP contribution in [-0.2, 0) is 23.2 Å². The number of anilines is 1. The first-order valence-electron chi connectivity index (χ1n) is 10.4. The van der Waals surface area contributed by atoms with Crippen molar-refractivity contribution in [3.63, 3.8) is 0 Å². The molecule has 0 radical (unpaired) electrons. The maximum atomic E-state index is 5.66. The summed E-state index contributed by atoms with van der Waals surface area (Å²) in [6.07, 6.45) is 4.56. The van der Waals surface area contributed by atoms with E-state index in [1.807, 2.05) is 10.6 Å². The first-order valence-corrected chi connectivity index (χ1v) is 10.4. The van der Waals surface area contributed by atoms with Crippen molar-refractivity contribution >= 4 is 11.5 Å². The van der Waals surface area contributed by atoms with E-state index in [9.17, 15) is 0 Å². The van der Waals surface area contributed by atoms with E-state index in [0.29, 0.717) is 12.5 Å². The lowest BCUT2D eigenvalue weighted by Gasteiger charge is -2.34. The Balaban J connectivity index is 1.38. The van der Waals surface area contributed by atoms with Gasteiger partial charge in [-0.1, -0.05) is 20.8 Å². The van der Waals surface area contributed by atoms with Crippen molar-refractivity contribution < 1.29 is 4.74 Å². The number of fused-ring (bicyclic) bond motifs is 2. The summed E-state index contributed by atoms with van der Waals surface area (Å²) in [7, 11) is 0. The van der Waals surface area contributed by atoms with Gasteiger partial charge in [0.25, 0.3) is 0 Å². The van der Waals surface area contributed by atoms with Gasteiger partial charge in [0.2, 0.25) is 0 Å². The first kappa shape index (κ1) is 18.4. The summed E-state index contributed by atoms with van der Waals surface area (Å²) in [6.45, 7) is 9.75. The molecule has 0 amide bonds. The molecule has 0 N–H and O–H groups in total. The van der Waals surface area contributed by atoms with Crippen LogP contribution in [0.15, 0.2) is 18.5 Å². The molecule has 29 heavy (non-hydrogen) atoms. The molecule has 0 unspecified atom stereocenters. The van der Waals surface area contributed by atoms with E-state index < -0.39 is 0 Å². The third kappa shape index (κ3) is 3.35. The van der Waals surface area contributed by atoms with Crippen molar-refractivity contribution in [3.8, 4) is 0 Å². The van der Waals surface area contributed by atoms with Gasteiger partial charge in [-0.3, -0.25) is 0 Å². The molecule has 0 aliphatic carbocycles. The summed E-state index contributed by atoms with van der Waals surface area (Å²) in [4.78, 5) is 11.4. The van der Waals surface area contributed by atoms with Gasteiger partial charge in [0.15, 0.2) is 11.5 Å². The maximum absolute atomic E-state index is 5.66. The fourth-order valence-corrected chi connectivity index (χ4v) is 4.23. The van der Waals surface area contributed by atoms with E-state index in [-0.39, 0.29) is 5.41 Å². The molecule has 3 aromatic rings. The Kier molecular flexibility index (Phi) is 4.46. The maximum Gasteiger partial charge on any atom is 0.177 e. The normalized spacial score (nSPS) is 18.2. The molecule has 2 aliphatic heterocycles. The van der Waals surface area contributed by atoms with Crippen LogP contribution in [0.3, 0.4) is 0 Å². The number of piperidine rings is 1. The molecule has 0 spiro atoms. The summed E-state index contributed by atoms with van der Waals surface area (Å²) in [6, 6.07) is 4.07. The molecule has 1 fully saturated rings. The van der Waals surface area contributed by atoms with Crippen LogP contribution >= 0.6 is 0 Å². The van der Waals surface area contributed by atoms with E-state index in [0.717, 1.165) is 73.2 Å². The Hall–Kier alpha value is -2.61. The molecule has 152 valence electrons. The van der Waals surface area contributed by atoms with Crippen molar-refractivity contribution in [2.24, 2.45) is 0 Å². The highest BCUT2D eigenvalue weighted by Crippen LogP contribution is 2.32. The van der Waals surface area contributed by atoms with Crippen LogP contribution in [0.25, 0.3) is 5.65 Å². The van der Waals surface area contributed by atoms with Crippen LogP contribution in [0.2, 0.25) is 0 Å². The highest BCUT2D eigenvalue weighted by molar-refractivity contribution is 5.49. The molecule has 0 bridgehead atoms. The summed E-state index contributed by atoms with van der Waals surface area (Å²) >= 11 is 0. The minimum absolute atomic E-state index is 0.00668. The second-order valence-corrected chi connectivity index (χ2v) is 8.98. The second-order valence-electron chi connectivity index (χ2n) is 8.98. The number of nitrogens with zero attached hydrogens (tertiary/aromatic N) is 7. The SMILES string of the molecule is CC(C)(C)c1ccc2nnc(C3CCN(c4ncnc5c4COCC5)CC3)n2n1. The van der Waals surface area contributed by atoms with Gasteiger partial charge < -0.3 is 9.64 Å². The van der Waals surface area contributed by atoms with Crippen LogP contribution in [0.5, 0.6) is 0 Å². The second kappa shape index (κ2) is 7.02. The quantitative estimate of drug-likeness (QED) is 0.662. The molecule has 5 heterocycles. The fraction of sp³-hybridized carbons (Fsp3) is 0.571. The lowest BCUT2D eigenvalue weighted by Crippen LogP contribution is -2.35. The van der Waals surface area contributed by atoms with Gasteiger partial charge in [0.05, 0.1) is 24.6 Å². The zero-order valence-corrected chi connectivity index (χ0v) is 17.3. The number of ether oxygens (including phenoxy) is 1. The summed E-state index contributed by atoms with van der Waals surface area (Å²) < 4.78 is 7.60. The average Bonchev–Trinajstić information content (AvgIpc) is 3.16. The van der Waals surface area contributed by atoms with Crippen molar-refractivity contribution in [1.29, 1.82) is 0 Å². The molecule has 0 atom stereocenters. The fourth-order valence-electron chi connectivity index (χ4n) is 4.23. The molecular formula is C21H27N7O. The Labute approximate surface area is 170 Å². The molecule has 1 saturated heterocycles. The van der Waals surface area contributed by atoms with Gasteiger partial charge in [-0.05, 0) is 25.0 Å². The number of aromatic nitrogens is 6. The number of hydrogen-bond donors (Lipinski definition) is 0. The predicted octanol–water partition coefficient (Wildman–Crippen LogP) is 2.67. The van der Waals surface area contributed by atoms with Gasteiger partial charge in [-0.15, -0.1) is 10.2 Å². The summed E-state index contributed by atoms with van der Waals surface area (Å²) in [5.41, 5.74) is 4.15. The molecule has 5 rings (SSSR count). The minimum Gasteiger partial charge on any atom is -0.376 e. The Morgan fingerprint density at radius 2 is 1.90 bits per heavy atom. The van der Waals surface area contributed by atoms with Crippen LogP contribution in [0.1, 0.15) is 62.3 Å². The van der Waals surface area contributed by atoms with Crippen LogP contribution in [0.4, 0.5) is 5.82 Å². The van der Waals surface area contributed by atoms with Gasteiger partial charge in [0, 0.05) is 36.4 Å². The Morgan fingerprint density at radius 1 is 1.07 bits per heavy atom. The number of hydrogen-bond acceptors (Lipinski definition) is 7. The van der Waals surface area contributed by atoms with Gasteiger partial charge in [-0.25, -0.2) is 9.97 Å². The summed E-state index contributed by atoms with van der Waals surface area (Å²) in [5, 5.41) is 13.7. The lowest BCUT2D eigenvalue weighted by molar-refractivity contribution is 0.109. The van der Waals surface area contributed by atoms with Crippen molar-refractivity contribution in [1.82, 2.24) is 29.8 Å². The lowest BCUT2D eigenvalue weighted by atomic mass is 9.92. The van der Waals surface area contributed by atoms with Crippen LogP contribution in [-0.4, -0.2) is 49.5 Å². The largest absolute Gasteiger partial charge is 0.376 e. The molecule has 2 aliphatic rings. The Bertz CT molecular complexity index is 1030. The average molecular weight is 393 g/mol. The third-order valence-electron chi connectivity index (χ3n) is 5.96. The summed E-state index contributed by atoms with van der Waals surface area (Å²) in [5.74, 6) is 2.35. The monoisotopic (exact) mass is 393 g/mol. The highest BCUT2D eigenvalue weighted by Gasteiger charge is 2.28. The molecule has 0 saturated carbocycles. The highest BCUT2D eigenvalue weighted by atomic mass is 16.5. The molecule has 3 aromatic heterocycles. The standard InChI is InChI=1S/C21H27N7O/c1-21(2,3)17-4-5-18-24-25-19(28(18)26-17)14-6-9-27(10-7-14)20-15-12-29-11-8-16(15)22-13-23-20/h4-5,13-14H,6-12H2,1-3H3. The molecule has 8 nitrogen and oxygen atoms in total. The first-order chi connectivity index (χ1) is 14.0. The zero-order valence-electron chi connectivity index (χ0n) is 17.3. The van der Waals surface area contributed by atoms with Gasteiger partial charge in [-0.2, -0.15) is 9.61 Å². The molecular weight excluding hydrogens is 366 g/mol. The van der Waals surface area contributed by atoms with E-state index in [1.165, 1.54) is 0 Å². The van der Waals surface area contributed by atoms with Crippen molar-refractivity contribution in [2.45, 2.75) is 58.0 Å². The molecule has 0 aromatic carbocycles. The number of rotatable bonds is 2. The third-order valence-corrected chi connectivity index (χ3v) is 5.96. The van der Waals surface area contributed by atoms with E-state index in [4.69, 9.17) is 9.84 Å². The van der Waals surface area contributed by atoms with Crippen molar-refractivity contribution in [3.05, 3.63) is 41.2 Å². The van der Waals surface area contributed by atoms with Gasteiger partial charge >= 0.3 is 0 Å². The van der Waals surface area contributed by atoms with Crippen molar-refractivity contribution in [2.75, 3.05) is 24.6 Å².